The zero-order valence-electron chi connectivity index (χ0n) is 12.3. The molecule has 0 spiro atoms. The zero-order chi connectivity index (χ0) is 18.0. The summed E-state index contributed by atoms with van der Waals surface area (Å²) >= 11 is 0. The van der Waals surface area contributed by atoms with Crippen LogP contribution in [-0.4, -0.2) is 30.9 Å². The molecule has 25 heavy (non-hydrogen) atoms. The van der Waals surface area contributed by atoms with Gasteiger partial charge in [0.2, 0.25) is 11.8 Å². The van der Waals surface area contributed by atoms with Gasteiger partial charge in [0.15, 0.2) is 0 Å². The Morgan fingerprint density at radius 3 is 2.48 bits per heavy atom. The number of anilines is 1. The molecule has 3 rings (SSSR count). The molecule has 0 saturated heterocycles. The predicted molar refractivity (Wildman–Crippen MR) is 79.2 cm³/mol. The molecule has 2 aromatic heterocycles. The van der Waals surface area contributed by atoms with Gasteiger partial charge in [-0.25, -0.2) is 0 Å². The molecular formula is C14H9F3N6O2. The molecule has 0 fully saturated rings. The van der Waals surface area contributed by atoms with Crippen molar-refractivity contribution in [2.24, 2.45) is 0 Å². The normalized spacial score (nSPS) is 11.3. The van der Waals surface area contributed by atoms with Gasteiger partial charge in [0, 0.05) is 6.07 Å². The molecule has 8 nitrogen and oxygen atoms in total. The van der Waals surface area contributed by atoms with Crippen LogP contribution in [-0.2, 0) is 6.18 Å². The molecule has 11 heteroatoms. The highest BCUT2D eigenvalue weighted by Gasteiger charge is 2.35. The summed E-state index contributed by atoms with van der Waals surface area (Å²) < 4.78 is 38.3. The van der Waals surface area contributed by atoms with Crippen LogP contribution in [0.3, 0.4) is 0 Å². The van der Waals surface area contributed by atoms with Gasteiger partial charge < -0.3 is 0 Å². The molecule has 0 atom stereocenters. The number of nitrogens with zero attached hydrogens (tertiary/aromatic N) is 4. The highest BCUT2D eigenvalue weighted by atomic mass is 19.4. The standard InChI is InChI=1S/C14H9F3N6O2/c15-14(16,17)12-19-13(21-20-12)18-11(25)9-6-7-10(24)23(22-9)8-4-2-1-3-5-8/h1-7H,(H2,18,19,20,21,25). The third-order valence-corrected chi connectivity index (χ3v) is 3.01. The SMILES string of the molecule is O=C(Nc1n[nH]c(C(F)(F)F)n1)c1ccc(=O)n(-c2ccccc2)n1. The molecule has 0 unspecified atom stereocenters. The van der Waals surface area contributed by atoms with Crippen molar-refractivity contribution >= 4 is 11.9 Å². The Balaban J connectivity index is 1.86. The second kappa shape index (κ2) is 6.19. The number of amides is 1. The Bertz CT molecular complexity index is 964. The highest BCUT2D eigenvalue weighted by Crippen LogP contribution is 2.26. The number of nitrogens with one attached hydrogen (secondary N) is 2. The first-order chi connectivity index (χ1) is 11.8. The number of aromatic amines is 1. The lowest BCUT2D eigenvalue weighted by Crippen LogP contribution is -2.25. The first-order valence-corrected chi connectivity index (χ1v) is 6.81. The molecule has 2 N–H and O–H groups in total. The number of hydrogen-bond donors (Lipinski definition) is 2. The van der Waals surface area contributed by atoms with Crippen LogP contribution in [0.5, 0.6) is 0 Å². The van der Waals surface area contributed by atoms with E-state index in [1.807, 2.05) is 0 Å². The van der Waals surface area contributed by atoms with Crippen LogP contribution in [0.2, 0.25) is 0 Å². The van der Waals surface area contributed by atoms with Crippen molar-refractivity contribution in [3.8, 4) is 5.69 Å². The van der Waals surface area contributed by atoms with Gasteiger partial charge >= 0.3 is 6.18 Å². The van der Waals surface area contributed by atoms with Gasteiger partial charge in [0.05, 0.1) is 5.69 Å². The van der Waals surface area contributed by atoms with E-state index < -0.39 is 29.4 Å². The lowest BCUT2D eigenvalue weighted by Gasteiger charge is -2.06. The summed E-state index contributed by atoms with van der Waals surface area (Å²) in [5, 5.41) is 10.9. The fraction of sp³-hybridized carbons (Fsp3) is 0.0714. The molecule has 0 aliphatic rings. The second-order valence-corrected chi connectivity index (χ2v) is 4.76. The fourth-order valence-electron chi connectivity index (χ4n) is 1.90. The van der Waals surface area contributed by atoms with Gasteiger partial charge in [-0.3, -0.25) is 20.0 Å². The van der Waals surface area contributed by atoms with Gasteiger partial charge in [-0.2, -0.15) is 27.9 Å². The number of aromatic nitrogens is 5. The Hall–Kier alpha value is -3.50. The molecule has 2 heterocycles. The van der Waals surface area contributed by atoms with Gasteiger partial charge in [-0.05, 0) is 18.2 Å². The summed E-state index contributed by atoms with van der Waals surface area (Å²) in [5.41, 5.74) is -0.235. The van der Waals surface area contributed by atoms with E-state index in [4.69, 9.17) is 0 Å². The number of halogens is 3. The number of benzene rings is 1. The monoisotopic (exact) mass is 350 g/mol. The molecule has 0 aliphatic heterocycles. The number of H-pyrrole nitrogens is 1. The number of hydrogen-bond acceptors (Lipinski definition) is 5. The van der Waals surface area contributed by atoms with Crippen LogP contribution in [0.1, 0.15) is 16.3 Å². The summed E-state index contributed by atoms with van der Waals surface area (Å²) in [6.45, 7) is 0. The second-order valence-electron chi connectivity index (χ2n) is 4.76. The predicted octanol–water partition coefficient (Wildman–Crippen LogP) is 1.62. The number of carbonyl (C=O) groups is 1. The molecular weight excluding hydrogens is 341 g/mol. The number of para-hydroxylation sites is 1. The minimum Gasteiger partial charge on any atom is -0.288 e. The van der Waals surface area contributed by atoms with E-state index in [9.17, 15) is 22.8 Å². The average molecular weight is 350 g/mol. The van der Waals surface area contributed by atoms with Crippen molar-refractivity contribution in [3.63, 3.8) is 0 Å². The largest absolute Gasteiger partial charge is 0.451 e. The maximum absolute atomic E-state index is 12.4. The highest BCUT2D eigenvalue weighted by molar-refractivity contribution is 6.01. The summed E-state index contributed by atoms with van der Waals surface area (Å²) in [5.74, 6) is -2.76. The van der Waals surface area contributed by atoms with Crippen LogP contribution in [0, 0.1) is 0 Å². The summed E-state index contributed by atoms with van der Waals surface area (Å²) in [7, 11) is 0. The van der Waals surface area contributed by atoms with E-state index in [1.54, 1.807) is 35.4 Å². The smallest absolute Gasteiger partial charge is 0.288 e. The summed E-state index contributed by atoms with van der Waals surface area (Å²) in [6, 6.07) is 10.6. The fourth-order valence-corrected chi connectivity index (χ4v) is 1.90. The van der Waals surface area contributed by atoms with Crippen LogP contribution in [0.15, 0.2) is 47.3 Å². The first-order valence-electron chi connectivity index (χ1n) is 6.81. The minimum atomic E-state index is -4.71. The molecule has 1 amide bonds. The Morgan fingerprint density at radius 1 is 1.12 bits per heavy atom. The first kappa shape index (κ1) is 16.4. The van der Waals surface area contributed by atoms with E-state index in [2.05, 4.69) is 20.5 Å². The van der Waals surface area contributed by atoms with Crippen molar-refractivity contribution in [1.82, 2.24) is 25.0 Å². The Kier molecular flexibility index (Phi) is 4.05. The van der Waals surface area contributed by atoms with E-state index in [0.29, 0.717) is 5.69 Å². The van der Waals surface area contributed by atoms with E-state index in [-0.39, 0.29) is 5.69 Å². The maximum atomic E-state index is 12.4. The van der Waals surface area contributed by atoms with Crippen LogP contribution in [0.25, 0.3) is 5.69 Å². The van der Waals surface area contributed by atoms with E-state index in [0.717, 1.165) is 16.8 Å². The zero-order valence-corrected chi connectivity index (χ0v) is 12.3. The average Bonchev–Trinajstić information content (AvgIpc) is 3.05. The molecule has 3 aromatic rings. The van der Waals surface area contributed by atoms with Crippen LogP contribution >= 0.6 is 0 Å². The quantitative estimate of drug-likeness (QED) is 0.747. The topological polar surface area (TPSA) is 106 Å². The van der Waals surface area contributed by atoms with Gasteiger partial charge in [0.25, 0.3) is 11.5 Å². The van der Waals surface area contributed by atoms with Crippen molar-refractivity contribution in [1.29, 1.82) is 0 Å². The third kappa shape index (κ3) is 3.54. The summed E-state index contributed by atoms with van der Waals surface area (Å²) in [4.78, 5) is 27.1. The van der Waals surface area contributed by atoms with Crippen LogP contribution < -0.4 is 10.9 Å². The van der Waals surface area contributed by atoms with Crippen molar-refractivity contribution in [3.05, 3.63) is 64.3 Å². The van der Waals surface area contributed by atoms with E-state index in [1.165, 1.54) is 0 Å². The Morgan fingerprint density at radius 2 is 1.84 bits per heavy atom. The molecule has 1 aromatic carbocycles. The molecule has 0 bridgehead atoms. The number of alkyl halides is 3. The van der Waals surface area contributed by atoms with Gasteiger partial charge in [-0.15, -0.1) is 5.10 Å². The van der Waals surface area contributed by atoms with Gasteiger partial charge in [-0.1, -0.05) is 18.2 Å². The van der Waals surface area contributed by atoms with Crippen molar-refractivity contribution in [2.75, 3.05) is 5.32 Å². The van der Waals surface area contributed by atoms with Gasteiger partial charge in [0.1, 0.15) is 5.69 Å². The minimum absolute atomic E-state index is 0.193. The number of rotatable bonds is 3. The molecule has 0 aliphatic carbocycles. The third-order valence-electron chi connectivity index (χ3n) is 3.01. The summed E-state index contributed by atoms with van der Waals surface area (Å²) in [6.07, 6.45) is -4.71. The van der Waals surface area contributed by atoms with Crippen molar-refractivity contribution < 1.29 is 18.0 Å². The maximum Gasteiger partial charge on any atom is 0.451 e. The molecule has 0 radical (unpaired) electrons. The molecule has 0 saturated carbocycles. The van der Waals surface area contributed by atoms with E-state index >= 15 is 0 Å². The Labute approximate surface area is 137 Å². The lowest BCUT2D eigenvalue weighted by molar-refractivity contribution is -0.144. The van der Waals surface area contributed by atoms with Crippen LogP contribution in [0.4, 0.5) is 19.1 Å². The van der Waals surface area contributed by atoms with Crippen molar-refractivity contribution in [2.45, 2.75) is 6.18 Å². The number of carbonyl (C=O) groups excluding carboxylic acids is 1. The lowest BCUT2D eigenvalue weighted by atomic mass is 10.3. The molecule has 128 valence electrons.